The zero-order valence-corrected chi connectivity index (χ0v) is 14.1. The number of fused-ring (bicyclic) bond motifs is 2. The van der Waals surface area contributed by atoms with Gasteiger partial charge in [-0.15, -0.1) is 0 Å². The van der Waals surface area contributed by atoms with Gasteiger partial charge < -0.3 is 14.8 Å². The lowest BCUT2D eigenvalue weighted by Gasteiger charge is -2.18. The first-order valence-electron chi connectivity index (χ1n) is 8.25. The molecule has 0 fully saturated rings. The second-order valence-electron chi connectivity index (χ2n) is 6.03. The lowest BCUT2D eigenvalue weighted by atomic mass is 10.1. The van der Waals surface area contributed by atoms with Crippen LogP contribution in [0.25, 0.3) is 0 Å². The lowest BCUT2D eigenvalue weighted by molar-refractivity contribution is -0.134. The van der Waals surface area contributed by atoms with Crippen molar-refractivity contribution in [1.29, 1.82) is 0 Å². The normalized spacial score (nSPS) is 15.0. The van der Waals surface area contributed by atoms with E-state index in [1.807, 2.05) is 0 Å². The van der Waals surface area contributed by atoms with Gasteiger partial charge in [-0.2, -0.15) is 0 Å². The first kappa shape index (κ1) is 16.8. The SMILES string of the molecule is O=C1COc2ccc(OC(=O)CCN3C(=O)c4ccccc4C3=O)cc2N1. The minimum atomic E-state index is -0.602. The molecule has 0 unspecified atom stereocenters. The molecular weight excluding hydrogens is 352 g/mol. The van der Waals surface area contributed by atoms with E-state index in [-0.39, 0.29) is 31.2 Å². The first-order valence-corrected chi connectivity index (χ1v) is 8.25. The van der Waals surface area contributed by atoms with Crippen molar-refractivity contribution < 1.29 is 28.7 Å². The zero-order valence-electron chi connectivity index (χ0n) is 14.1. The second-order valence-corrected chi connectivity index (χ2v) is 6.03. The standard InChI is InChI=1S/C19H14N2O6/c22-16-10-26-15-6-5-11(9-14(15)20-16)27-17(23)7-8-21-18(24)12-3-1-2-4-13(12)19(21)25/h1-6,9H,7-8,10H2,(H,20,22). The topological polar surface area (TPSA) is 102 Å². The lowest BCUT2D eigenvalue weighted by Crippen LogP contribution is -2.32. The van der Waals surface area contributed by atoms with E-state index in [1.54, 1.807) is 30.3 Å². The molecule has 0 bridgehead atoms. The highest BCUT2D eigenvalue weighted by molar-refractivity contribution is 6.21. The number of benzene rings is 2. The van der Waals surface area contributed by atoms with Gasteiger partial charge in [0.05, 0.1) is 23.2 Å². The number of esters is 1. The number of nitrogens with zero attached hydrogens (tertiary/aromatic N) is 1. The van der Waals surface area contributed by atoms with Crippen molar-refractivity contribution in [1.82, 2.24) is 4.90 Å². The third-order valence-corrected chi connectivity index (χ3v) is 4.23. The van der Waals surface area contributed by atoms with Gasteiger partial charge in [-0.25, -0.2) is 0 Å². The molecular formula is C19H14N2O6. The Balaban J connectivity index is 1.38. The van der Waals surface area contributed by atoms with Gasteiger partial charge in [-0.3, -0.25) is 24.1 Å². The number of carbonyl (C=O) groups is 4. The minimum Gasteiger partial charge on any atom is -0.482 e. The predicted octanol–water partition coefficient (Wildman–Crippen LogP) is 1.61. The number of nitrogens with one attached hydrogen (secondary N) is 1. The molecule has 1 N–H and O–H groups in total. The monoisotopic (exact) mass is 366 g/mol. The molecule has 8 heteroatoms. The fraction of sp³-hybridized carbons (Fsp3) is 0.158. The van der Waals surface area contributed by atoms with E-state index in [0.29, 0.717) is 22.6 Å². The van der Waals surface area contributed by atoms with Crippen LogP contribution in [0.2, 0.25) is 0 Å². The van der Waals surface area contributed by atoms with Gasteiger partial charge in [0.15, 0.2) is 6.61 Å². The molecule has 2 heterocycles. The molecule has 0 atom stereocenters. The highest BCUT2D eigenvalue weighted by atomic mass is 16.5. The molecule has 0 saturated heterocycles. The van der Waals surface area contributed by atoms with Crippen molar-refractivity contribution in [3.05, 3.63) is 53.6 Å². The molecule has 2 aliphatic rings. The molecule has 27 heavy (non-hydrogen) atoms. The molecule has 0 aromatic heterocycles. The van der Waals surface area contributed by atoms with Crippen LogP contribution in [0.3, 0.4) is 0 Å². The Morgan fingerprint density at radius 3 is 2.48 bits per heavy atom. The van der Waals surface area contributed by atoms with E-state index in [2.05, 4.69) is 5.32 Å². The number of anilines is 1. The van der Waals surface area contributed by atoms with E-state index in [1.165, 1.54) is 12.1 Å². The van der Waals surface area contributed by atoms with E-state index >= 15 is 0 Å². The molecule has 0 spiro atoms. The Morgan fingerprint density at radius 2 is 1.78 bits per heavy atom. The highest BCUT2D eigenvalue weighted by Gasteiger charge is 2.35. The van der Waals surface area contributed by atoms with Crippen LogP contribution in [0.5, 0.6) is 11.5 Å². The molecule has 136 valence electrons. The van der Waals surface area contributed by atoms with Crippen molar-refractivity contribution in [2.45, 2.75) is 6.42 Å². The summed E-state index contributed by atoms with van der Waals surface area (Å²) in [6.07, 6.45) is -0.147. The number of carbonyl (C=O) groups excluding carboxylic acids is 4. The van der Waals surface area contributed by atoms with Crippen LogP contribution in [0.1, 0.15) is 27.1 Å². The molecule has 0 radical (unpaired) electrons. The molecule has 3 amide bonds. The first-order chi connectivity index (χ1) is 13.0. The summed E-state index contributed by atoms with van der Waals surface area (Å²) in [5.74, 6) is -1.02. The molecule has 2 aromatic rings. The van der Waals surface area contributed by atoms with Crippen molar-refractivity contribution >= 4 is 29.4 Å². The van der Waals surface area contributed by atoms with Crippen LogP contribution in [0.15, 0.2) is 42.5 Å². The number of rotatable bonds is 4. The fourth-order valence-corrected chi connectivity index (χ4v) is 2.95. The van der Waals surface area contributed by atoms with E-state index < -0.39 is 17.8 Å². The smallest absolute Gasteiger partial charge is 0.313 e. The number of imide groups is 1. The number of hydrogen-bond acceptors (Lipinski definition) is 6. The summed E-state index contributed by atoms with van der Waals surface area (Å²) in [6.45, 7) is -0.137. The van der Waals surface area contributed by atoms with Gasteiger partial charge in [-0.05, 0) is 24.3 Å². The highest BCUT2D eigenvalue weighted by Crippen LogP contribution is 2.31. The van der Waals surface area contributed by atoms with Crippen LogP contribution in [0.4, 0.5) is 5.69 Å². The summed E-state index contributed by atoms with van der Waals surface area (Å²) in [7, 11) is 0. The summed E-state index contributed by atoms with van der Waals surface area (Å²) < 4.78 is 10.5. The van der Waals surface area contributed by atoms with Crippen molar-refractivity contribution in [3.8, 4) is 11.5 Å². The fourth-order valence-electron chi connectivity index (χ4n) is 2.95. The summed E-state index contributed by atoms with van der Waals surface area (Å²) in [4.78, 5) is 49.0. The summed E-state index contributed by atoms with van der Waals surface area (Å²) in [5.41, 5.74) is 1.08. The molecule has 0 aliphatic carbocycles. The Labute approximate surface area is 153 Å². The average molecular weight is 366 g/mol. The minimum absolute atomic E-state index is 0.0631. The third-order valence-electron chi connectivity index (χ3n) is 4.23. The quantitative estimate of drug-likeness (QED) is 0.501. The maximum atomic E-state index is 12.3. The molecule has 4 rings (SSSR count). The van der Waals surface area contributed by atoms with E-state index in [9.17, 15) is 19.2 Å². The Bertz CT molecular complexity index is 949. The van der Waals surface area contributed by atoms with Gasteiger partial charge in [0, 0.05) is 12.6 Å². The number of hydrogen-bond donors (Lipinski definition) is 1. The largest absolute Gasteiger partial charge is 0.482 e. The van der Waals surface area contributed by atoms with Crippen molar-refractivity contribution in [3.63, 3.8) is 0 Å². The maximum absolute atomic E-state index is 12.3. The van der Waals surface area contributed by atoms with Gasteiger partial charge in [0.25, 0.3) is 17.7 Å². The van der Waals surface area contributed by atoms with Gasteiger partial charge >= 0.3 is 5.97 Å². The van der Waals surface area contributed by atoms with Crippen LogP contribution < -0.4 is 14.8 Å². The Hall–Kier alpha value is -3.68. The van der Waals surface area contributed by atoms with E-state index in [0.717, 1.165) is 4.90 Å². The second kappa shape index (κ2) is 6.56. The Morgan fingerprint density at radius 1 is 1.07 bits per heavy atom. The molecule has 2 aromatic carbocycles. The van der Waals surface area contributed by atoms with Crippen LogP contribution in [0, 0.1) is 0 Å². The van der Waals surface area contributed by atoms with Crippen molar-refractivity contribution in [2.24, 2.45) is 0 Å². The van der Waals surface area contributed by atoms with E-state index in [4.69, 9.17) is 9.47 Å². The zero-order chi connectivity index (χ0) is 19.0. The number of ether oxygens (including phenoxy) is 2. The summed E-state index contributed by atoms with van der Waals surface area (Å²) in [6, 6.07) is 11.1. The van der Waals surface area contributed by atoms with Crippen LogP contribution >= 0.6 is 0 Å². The average Bonchev–Trinajstić information content (AvgIpc) is 2.90. The third kappa shape index (κ3) is 3.12. The van der Waals surface area contributed by atoms with Gasteiger partial charge in [0.2, 0.25) is 0 Å². The summed E-state index contributed by atoms with van der Waals surface area (Å²) >= 11 is 0. The Kier molecular flexibility index (Phi) is 4.08. The molecule has 2 aliphatic heterocycles. The van der Waals surface area contributed by atoms with Crippen molar-refractivity contribution in [2.75, 3.05) is 18.5 Å². The van der Waals surface area contributed by atoms with Gasteiger partial charge in [0.1, 0.15) is 11.5 Å². The summed E-state index contributed by atoms with van der Waals surface area (Å²) in [5, 5.41) is 2.62. The molecule has 8 nitrogen and oxygen atoms in total. The predicted molar refractivity (Wildman–Crippen MR) is 92.6 cm³/mol. The van der Waals surface area contributed by atoms with Crippen LogP contribution in [-0.4, -0.2) is 41.7 Å². The van der Waals surface area contributed by atoms with Gasteiger partial charge in [-0.1, -0.05) is 12.1 Å². The molecule has 0 saturated carbocycles. The maximum Gasteiger partial charge on any atom is 0.313 e. The van der Waals surface area contributed by atoms with Crippen LogP contribution in [-0.2, 0) is 9.59 Å². The number of amides is 3.